The lowest BCUT2D eigenvalue weighted by molar-refractivity contribution is 0.570. The molecule has 1 aromatic carbocycles. The first kappa shape index (κ1) is 17.1. The molecule has 0 spiro atoms. The number of nitrogen functional groups attached to an aromatic ring is 1. The Morgan fingerprint density at radius 3 is 2.47 bits per heavy atom. The fourth-order valence-electron chi connectivity index (χ4n) is 1.57. The molecule has 0 aliphatic rings. The lowest BCUT2D eigenvalue weighted by Crippen LogP contribution is -2.36. The van der Waals surface area contributed by atoms with Crippen LogP contribution in [0.3, 0.4) is 0 Å². The zero-order valence-electron chi connectivity index (χ0n) is 10.3. The van der Waals surface area contributed by atoms with Gasteiger partial charge >= 0.3 is 0 Å². The number of halogens is 2. The number of benzene rings is 1. The standard InChI is InChI=1S/C10H14Br2N2O3S2/c1-6(5-18(2)15)14-19(16,17)10-8(12)3-7(11)4-9(10)13/h3-4,6,14H,5,13H2,1-2H3. The molecule has 0 aromatic heterocycles. The van der Waals surface area contributed by atoms with Crippen molar-refractivity contribution in [2.45, 2.75) is 17.9 Å². The summed E-state index contributed by atoms with van der Waals surface area (Å²) >= 11 is 6.42. The van der Waals surface area contributed by atoms with Gasteiger partial charge < -0.3 is 5.73 Å². The molecule has 1 rings (SSSR count). The summed E-state index contributed by atoms with van der Waals surface area (Å²) in [6, 6.07) is 2.68. The highest BCUT2D eigenvalue weighted by molar-refractivity contribution is 9.11. The van der Waals surface area contributed by atoms with Crippen LogP contribution in [0.4, 0.5) is 5.69 Å². The predicted octanol–water partition coefficient (Wildman–Crippen LogP) is 1.84. The normalized spacial score (nSPS) is 15.2. The second-order valence-corrected chi connectivity index (χ2v) is 8.97. The molecule has 0 radical (unpaired) electrons. The average Bonchev–Trinajstić information content (AvgIpc) is 2.10. The van der Waals surface area contributed by atoms with E-state index in [1.54, 1.807) is 13.0 Å². The number of nitrogens with one attached hydrogen (secondary N) is 1. The van der Waals surface area contributed by atoms with Crippen molar-refractivity contribution in [1.82, 2.24) is 4.72 Å². The van der Waals surface area contributed by atoms with E-state index in [2.05, 4.69) is 36.6 Å². The van der Waals surface area contributed by atoms with E-state index >= 15 is 0 Å². The Kier molecular flexibility index (Phi) is 5.99. The van der Waals surface area contributed by atoms with Crippen LogP contribution in [0.15, 0.2) is 26.0 Å². The van der Waals surface area contributed by atoms with Crippen LogP contribution in [0.2, 0.25) is 0 Å². The lowest BCUT2D eigenvalue weighted by Gasteiger charge is -2.15. The lowest BCUT2D eigenvalue weighted by atomic mass is 10.3. The minimum absolute atomic E-state index is 0.00978. The van der Waals surface area contributed by atoms with E-state index in [0.29, 0.717) is 8.95 Å². The van der Waals surface area contributed by atoms with Crippen molar-refractivity contribution in [3.63, 3.8) is 0 Å². The molecular weight excluding hydrogens is 420 g/mol. The van der Waals surface area contributed by atoms with Gasteiger partial charge in [0.1, 0.15) is 4.90 Å². The molecule has 0 heterocycles. The van der Waals surface area contributed by atoms with Gasteiger partial charge in [-0.1, -0.05) is 15.9 Å². The number of hydrogen-bond acceptors (Lipinski definition) is 4. The van der Waals surface area contributed by atoms with Gasteiger partial charge in [-0.05, 0) is 35.0 Å². The Bertz CT molecular complexity index is 582. The van der Waals surface area contributed by atoms with Crippen LogP contribution in [-0.2, 0) is 20.8 Å². The van der Waals surface area contributed by atoms with Crippen LogP contribution in [-0.4, -0.2) is 30.7 Å². The topological polar surface area (TPSA) is 89.3 Å². The SMILES string of the molecule is CC(CS(C)=O)NS(=O)(=O)c1c(N)cc(Br)cc1Br. The molecule has 0 saturated carbocycles. The van der Waals surface area contributed by atoms with Crippen molar-refractivity contribution in [1.29, 1.82) is 0 Å². The van der Waals surface area contributed by atoms with Gasteiger partial charge in [-0.2, -0.15) is 0 Å². The third-order valence-corrected chi connectivity index (χ3v) is 6.17. The molecule has 0 fully saturated rings. The monoisotopic (exact) mass is 432 g/mol. The predicted molar refractivity (Wildman–Crippen MR) is 85.0 cm³/mol. The van der Waals surface area contributed by atoms with Crippen molar-refractivity contribution >= 4 is 58.4 Å². The number of hydrogen-bond donors (Lipinski definition) is 2. The molecule has 19 heavy (non-hydrogen) atoms. The Morgan fingerprint density at radius 1 is 1.42 bits per heavy atom. The van der Waals surface area contributed by atoms with Gasteiger partial charge in [0.2, 0.25) is 10.0 Å². The second-order valence-electron chi connectivity index (χ2n) is 4.07. The quantitative estimate of drug-likeness (QED) is 0.693. The Hall–Kier alpha value is 0.0400. The van der Waals surface area contributed by atoms with Crippen LogP contribution in [0.25, 0.3) is 0 Å². The van der Waals surface area contributed by atoms with E-state index in [1.807, 2.05) is 0 Å². The van der Waals surface area contributed by atoms with Crippen LogP contribution < -0.4 is 10.5 Å². The van der Waals surface area contributed by atoms with Crippen LogP contribution in [0.1, 0.15) is 6.92 Å². The first-order valence-electron chi connectivity index (χ1n) is 5.20. The molecule has 5 nitrogen and oxygen atoms in total. The maximum absolute atomic E-state index is 12.2. The van der Waals surface area contributed by atoms with Gasteiger partial charge in [-0.25, -0.2) is 13.1 Å². The fraction of sp³-hybridized carbons (Fsp3) is 0.400. The van der Waals surface area contributed by atoms with E-state index in [9.17, 15) is 12.6 Å². The summed E-state index contributed by atoms with van der Waals surface area (Å²) in [7, 11) is -4.84. The van der Waals surface area contributed by atoms with Crippen LogP contribution >= 0.6 is 31.9 Å². The maximum Gasteiger partial charge on any atom is 0.244 e. The highest BCUT2D eigenvalue weighted by Gasteiger charge is 2.23. The second kappa shape index (κ2) is 6.66. The van der Waals surface area contributed by atoms with Crippen LogP contribution in [0, 0.1) is 0 Å². The average molecular weight is 434 g/mol. The number of sulfonamides is 1. The summed E-state index contributed by atoms with van der Waals surface area (Å²) in [4.78, 5) is -0.00978. The molecule has 9 heteroatoms. The Labute approximate surface area is 132 Å². The molecule has 2 atom stereocenters. The van der Waals surface area contributed by atoms with Gasteiger partial charge in [0.25, 0.3) is 0 Å². The zero-order chi connectivity index (χ0) is 14.8. The van der Waals surface area contributed by atoms with Crippen molar-refractivity contribution in [2.24, 2.45) is 0 Å². The molecule has 0 saturated heterocycles. The van der Waals surface area contributed by atoms with Crippen molar-refractivity contribution < 1.29 is 12.6 Å². The largest absolute Gasteiger partial charge is 0.398 e. The first-order valence-corrected chi connectivity index (χ1v) is 10.00. The van der Waals surface area contributed by atoms with Crippen LogP contribution in [0.5, 0.6) is 0 Å². The number of rotatable bonds is 5. The molecule has 1 aromatic rings. The van der Waals surface area contributed by atoms with E-state index < -0.39 is 26.9 Å². The minimum atomic E-state index is -3.76. The van der Waals surface area contributed by atoms with E-state index in [0.717, 1.165) is 0 Å². The third-order valence-electron chi connectivity index (χ3n) is 2.15. The molecule has 2 unspecified atom stereocenters. The highest BCUT2D eigenvalue weighted by atomic mass is 79.9. The van der Waals surface area contributed by atoms with Gasteiger partial charge in [-0.3, -0.25) is 4.21 Å². The summed E-state index contributed by atoms with van der Waals surface area (Å²) in [5, 5.41) is 0. The highest BCUT2D eigenvalue weighted by Crippen LogP contribution is 2.31. The summed E-state index contributed by atoms with van der Waals surface area (Å²) < 4.78 is 39.1. The number of anilines is 1. The Morgan fingerprint density at radius 2 is 2.00 bits per heavy atom. The number of nitrogens with two attached hydrogens (primary N) is 1. The minimum Gasteiger partial charge on any atom is -0.398 e. The van der Waals surface area contributed by atoms with Gasteiger partial charge in [-0.15, -0.1) is 0 Å². The van der Waals surface area contributed by atoms with E-state index in [1.165, 1.54) is 12.3 Å². The molecule has 3 N–H and O–H groups in total. The van der Waals surface area contributed by atoms with Crippen molar-refractivity contribution in [3.8, 4) is 0 Å². The maximum atomic E-state index is 12.2. The summed E-state index contributed by atoms with van der Waals surface area (Å²) in [6.45, 7) is 1.65. The zero-order valence-corrected chi connectivity index (χ0v) is 15.1. The first-order chi connectivity index (χ1) is 8.63. The fourth-order valence-corrected chi connectivity index (χ4v) is 5.78. The Balaban J connectivity index is 3.11. The summed E-state index contributed by atoms with van der Waals surface area (Å²) in [5.41, 5.74) is 5.88. The van der Waals surface area contributed by atoms with E-state index in [-0.39, 0.29) is 16.3 Å². The van der Waals surface area contributed by atoms with Crippen molar-refractivity contribution in [2.75, 3.05) is 17.7 Å². The van der Waals surface area contributed by atoms with Gasteiger partial charge in [0.05, 0.1) is 5.69 Å². The molecule has 108 valence electrons. The summed E-state index contributed by atoms with van der Waals surface area (Å²) in [5.74, 6) is 0.243. The van der Waals surface area contributed by atoms with E-state index in [4.69, 9.17) is 5.73 Å². The smallest absolute Gasteiger partial charge is 0.244 e. The molecular formula is C10H14Br2N2O3S2. The molecule has 0 bridgehead atoms. The molecule has 0 aliphatic heterocycles. The van der Waals surface area contributed by atoms with Gasteiger partial charge in [0, 0.05) is 37.8 Å². The molecule has 0 amide bonds. The van der Waals surface area contributed by atoms with Gasteiger partial charge in [0.15, 0.2) is 0 Å². The third kappa shape index (κ3) is 4.82. The van der Waals surface area contributed by atoms with Crippen molar-refractivity contribution in [3.05, 3.63) is 21.1 Å². The summed E-state index contributed by atoms with van der Waals surface area (Å²) in [6.07, 6.45) is 1.52. The molecule has 0 aliphatic carbocycles.